The van der Waals surface area contributed by atoms with Crippen LogP contribution in [-0.4, -0.2) is 0 Å². The van der Waals surface area contributed by atoms with E-state index in [2.05, 4.69) is 10.1 Å². The van der Waals surface area contributed by atoms with Crippen molar-refractivity contribution in [3.63, 3.8) is 0 Å². The fraction of sp³-hybridized carbons (Fsp3) is 0. The van der Waals surface area contributed by atoms with E-state index in [1.165, 1.54) is 0 Å². The molecule has 0 saturated carbocycles. The van der Waals surface area contributed by atoms with E-state index in [-0.39, 0.29) is 0 Å². The molecule has 1 fully saturated rings. The molecule has 0 radical (unpaired) electrons. The van der Waals surface area contributed by atoms with Crippen LogP contribution in [0.2, 0.25) is 0 Å². The number of rotatable bonds is 1. The Morgan fingerprint density at radius 2 is 1.42 bits per heavy atom. The number of halogens is 6. The SMILES string of the molecule is NN=NP1(Cl)(Cl)P(Cl)P1(Cl)(Cl)Cl. The van der Waals surface area contributed by atoms with E-state index in [9.17, 15) is 0 Å². The topological polar surface area (TPSA) is 50.7 Å². The number of nitrogens with two attached hydrogens (primary N) is 1. The van der Waals surface area contributed by atoms with E-state index in [1.807, 2.05) is 0 Å². The molecule has 0 aromatic heterocycles. The molecule has 0 aromatic rings. The van der Waals surface area contributed by atoms with Gasteiger partial charge in [0, 0.05) is 0 Å². The molecule has 0 aromatic carbocycles. The Hall–Kier alpha value is 2.43. The van der Waals surface area contributed by atoms with Crippen LogP contribution in [-0.2, 0) is 0 Å². The maximum absolute atomic E-state index is 5.90. The second-order valence-corrected chi connectivity index (χ2v) is 42.0. The first-order valence-electron chi connectivity index (χ1n) is 2.27. The van der Waals surface area contributed by atoms with Gasteiger partial charge in [-0.2, -0.15) is 0 Å². The quantitative estimate of drug-likeness (QED) is 0.250. The molecule has 2 N–H and O–H groups in total. The van der Waals surface area contributed by atoms with E-state index in [0.717, 1.165) is 0 Å². The van der Waals surface area contributed by atoms with Gasteiger partial charge in [0.2, 0.25) is 0 Å². The van der Waals surface area contributed by atoms with Crippen molar-refractivity contribution in [2.45, 2.75) is 0 Å². The first kappa shape index (κ1) is 12.5. The van der Waals surface area contributed by atoms with E-state index in [0.29, 0.717) is 0 Å². The van der Waals surface area contributed by atoms with Gasteiger partial charge in [0.05, 0.1) is 0 Å². The predicted octanol–water partition coefficient (Wildman–Crippen LogP) is 6.50. The van der Waals surface area contributed by atoms with E-state index in [1.54, 1.807) is 0 Å². The van der Waals surface area contributed by atoms with Crippen molar-refractivity contribution in [1.29, 1.82) is 0 Å². The first-order chi connectivity index (χ1) is 5.05. The summed E-state index contributed by atoms with van der Waals surface area (Å²) in [7, 11) is 0. The summed E-state index contributed by atoms with van der Waals surface area (Å²) in [5, 5.41) is 2.96. The molecule has 0 aliphatic carbocycles. The first-order valence-corrected chi connectivity index (χ1v) is 15.6. The number of hydrogen-bond acceptors (Lipinski definition) is 2. The summed E-state index contributed by atoms with van der Waals surface area (Å²) in [6, 6.07) is 0. The molecule has 1 aliphatic heterocycles. The molecule has 0 bridgehead atoms. The molecule has 1 atom stereocenters. The monoisotopic (exact) mass is 347 g/mol. The van der Waals surface area contributed by atoms with Gasteiger partial charge in [-0.3, -0.25) is 0 Å². The average molecular weight is 350 g/mol. The summed E-state index contributed by atoms with van der Waals surface area (Å²) in [5.74, 6) is 4.80. The van der Waals surface area contributed by atoms with Crippen molar-refractivity contribution in [3.8, 4) is 0 Å². The van der Waals surface area contributed by atoms with Gasteiger partial charge in [-0.15, -0.1) is 0 Å². The zero-order valence-corrected chi connectivity index (χ0v) is 12.3. The zero-order valence-electron chi connectivity index (χ0n) is 5.08. The Morgan fingerprint density at radius 1 is 1.08 bits per heavy atom. The molecule has 1 rings (SSSR count). The molecular weight excluding hydrogens is 348 g/mol. The Kier molecular flexibility index (Phi) is 2.87. The Morgan fingerprint density at radius 3 is 1.50 bits per heavy atom. The molecule has 12 heavy (non-hydrogen) atoms. The minimum atomic E-state index is -3.80. The van der Waals surface area contributed by atoms with E-state index in [4.69, 9.17) is 73.3 Å². The van der Waals surface area contributed by atoms with Crippen LogP contribution < -0.4 is 5.84 Å². The third-order valence-electron chi connectivity index (χ3n) is 1.22. The Bertz CT molecular complexity index is 263. The summed E-state index contributed by atoms with van der Waals surface area (Å²) in [6.45, 7) is -1.61. The summed E-state index contributed by atoms with van der Waals surface area (Å²) >= 11 is 35.0. The van der Waals surface area contributed by atoms with Gasteiger partial charge in [-0.05, 0) is 0 Å². The molecule has 0 spiro atoms. The van der Waals surface area contributed by atoms with Crippen LogP contribution in [0.25, 0.3) is 0 Å². The van der Waals surface area contributed by atoms with Crippen molar-refractivity contribution in [1.82, 2.24) is 0 Å². The van der Waals surface area contributed by atoms with Gasteiger partial charge in [-0.1, -0.05) is 0 Å². The summed E-state index contributed by atoms with van der Waals surface area (Å²) < 4.78 is -3.76. The average Bonchev–Trinajstić information content (AvgIpc) is 2.07. The number of hydrogen-bond donors (Lipinski definition) is 1. The third-order valence-corrected chi connectivity index (χ3v) is 68.0. The summed E-state index contributed by atoms with van der Waals surface area (Å²) in [5.41, 5.74) is 0. The molecule has 74 valence electrons. The second-order valence-electron chi connectivity index (χ2n) is 1.97. The van der Waals surface area contributed by atoms with Crippen molar-refractivity contribution in [2.24, 2.45) is 16.0 Å². The van der Waals surface area contributed by atoms with Gasteiger partial charge in [0.1, 0.15) is 0 Å². The molecule has 1 heterocycles. The summed E-state index contributed by atoms with van der Waals surface area (Å²) in [4.78, 5) is -0.369. The van der Waals surface area contributed by atoms with Crippen LogP contribution in [0.4, 0.5) is 0 Å². The van der Waals surface area contributed by atoms with Crippen LogP contribution >= 0.6 is 83.0 Å². The van der Waals surface area contributed by atoms with Gasteiger partial charge in [0.15, 0.2) is 0 Å². The number of nitrogens with zero attached hydrogens (tertiary/aromatic N) is 2. The van der Waals surface area contributed by atoms with Crippen molar-refractivity contribution in [3.05, 3.63) is 0 Å². The Balaban J connectivity index is 3.25. The normalized spacial score (nSPS) is 46.7. The van der Waals surface area contributed by atoms with Crippen molar-refractivity contribution < 1.29 is 0 Å². The predicted molar refractivity (Wildman–Crippen MR) is 64.9 cm³/mol. The van der Waals surface area contributed by atoms with Crippen LogP contribution in [0.15, 0.2) is 10.1 Å². The minimum absolute atomic E-state index is 1.61. The molecule has 3 nitrogen and oxygen atoms in total. The molecule has 1 saturated heterocycles. The van der Waals surface area contributed by atoms with Crippen molar-refractivity contribution in [2.75, 3.05) is 0 Å². The van der Waals surface area contributed by atoms with E-state index >= 15 is 0 Å². The van der Waals surface area contributed by atoms with Gasteiger partial charge >= 0.3 is 98.9 Å². The molecule has 12 heteroatoms. The van der Waals surface area contributed by atoms with Crippen LogP contribution in [0.5, 0.6) is 0 Å². The van der Waals surface area contributed by atoms with Gasteiger partial charge in [0.25, 0.3) is 0 Å². The fourth-order valence-electron chi connectivity index (χ4n) is 0.491. The molecule has 1 unspecified atom stereocenters. The van der Waals surface area contributed by atoms with Crippen LogP contribution in [0, 0.1) is 0 Å². The van der Waals surface area contributed by atoms with Gasteiger partial charge < -0.3 is 0 Å². The van der Waals surface area contributed by atoms with E-state index < -0.39 is 15.5 Å². The van der Waals surface area contributed by atoms with Crippen LogP contribution in [0.1, 0.15) is 0 Å². The molecule has 1 aliphatic rings. The zero-order chi connectivity index (χ0) is 9.89. The third kappa shape index (κ3) is 1.16. The van der Waals surface area contributed by atoms with Crippen LogP contribution in [0.3, 0.4) is 0 Å². The van der Waals surface area contributed by atoms with Crippen molar-refractivity contribution >= 4 is 83.0 Å². The molecular formula is H2Cl6N3P3. The second kappa shape index (κ2) is 2.76. The van der Waals surface area contributed by atoms with Gasteiger partial charge in [-0.25, -0.2) is 0 Å². The standard InChI is InChI=1S/Cl6H2N3P3/c1-10-11(2,3,4)12(10,5,6)9-8-7/h(H2,7,9). The summed E-state index contributed by atoms with van der Waals surface area (Å²) in [6.07, 6.45) is 0. The maximum atomic E-state index is 5.90. The molecule has 0 amide bonds. The fourth-order valence-corrected chi connectivity index (χ4v) is 65.9. The Labute approximate surface area is 98.3 Å².